The average molecular weight is 613 g/mol. The van der Waals surface area contributed by atoms with Crippen LogP contribution in [0, 0.1) is 0 Å². The molecule has 5 aromatic carbocycles. The number of carbonyl (C=O) groups is 3. The Morgan fingerprint density at radius 2 is 1.31 bits per heavy atom. The summed E-state index contributed by atoms with van der Waals surface area (Å²) in [6.45, 7) is 2.46. The fraction of sp³-hybridized carbons (Fsp3) is 0.0789. The van der Waals surface area contributed by atoms with Crippen LogP contribution in [0.15, 0.2) is 144 Å². The average Bonchev–Trinajstić information content (AvgIpc) is 3.09. The summed E-state index contributed by atoms with van der Waals surface area (Å²) >= 11 is 1.43. The van der Waals surface area contributed by atoms with Gasteiger partial charge in [0.1, 0.15) is 11.4 Å². The lowest BCUT2D eigenvalue weighted by Crippen LogP contribution is -2.30. The highest BCUT2D eigenvalue weighted by Crippen LogP contribution is 2.24. The van der Waals surface area contributed by atoms with Crippen molar-refractivity contribution in [2.75, 3.05) is 17.7 Å². The quantitative estimate of drug-likeness (QED) is 0.0844. The molecule has 0 fully saturated rings. The van der Waals surface area contributed by atoms with Gasteiger partial charge in [-0.15, -0.1) is 11.8 Å². The third kappa shape index (κ3) is 8.81. The van der Waals surface area contributed by atoms with Crippen LogP contribution in [0.3, 0.4) is 0 Å². The molecule has 5 rings (SSSR count). The minimum absolute atomic E-state index is 0.0372. The van der Waals surface area contributed by atoms with Gasteiger partial charge in [-0.25, -0.2) is 0 Å². The van der Waals surface area contributed by atoms with Crippen molar-refractivity contribution in [3.8, 4) is 16.9 Å². The molecule has 2 amide bonds. The molecule has 45 heavy (non-hydrogen) atoms. The molecule has 0 saturated heterocycles. The second kappa shape index (κ2) is 15.4. The summed E-state index contributed by atoms with van der Waals surface area (Å²) in [5.41, 5.74) is 4.64. The van der Waals surface area contributed by atoms with Crippen molar-refractivity contribution in [1.82, 2.24) is 5.32 Å². The van der Waals surface area contributed by atoms with Gasteiger partial charge in [-0.05, 0) is 78.2 Å². The first-order valence-electron chi connectivity index (χ1n) is 14.5. The van der Waals surface area contributed by atoms with Gasteiger partial charge in [-0.1, -0.05) is 84.9 Å². The monoisotopic (exact) mass is 612 g/mol. The number of carbonyl (C=O) groups excluding carboxylic acids is 3. The molecular formula is C38H32N2O4S. The van der Waals surface area contributed by atoms with E-state index in [1.165, 1.54) is 11.8 Å². The Morgan fingerprint density at radius 1 is 0.689 bits per heavy atom. The summed E-state index contributed by atoms with van der Waals surface area (Å²) < 4.78 is 5.51. The van der Waals surface area contributed by atoms with Gasteiger partial charge in [0.15, 0.2) is 5.78 Å². The van der Waals surface area contributed by atoms with E-state index in [1.807, 2.05) is 104 Å². The van der Waals surface area contributed by atoms with Crippen molar-refractivity contribution in [2.45, 2.75) is 11.8 Å². The Labute approximate surface area is 267 Å². The first-order chi connectivity index (χ1) is 22.0. The van der Waals surface area contributed by atoms with Crippen LogP contribution in [0.1, 0.15) is 33.2 Å². The third-order valence-electron chi connectivity index (χ3n) is 6.83. The number of nitrogens with one attached hydrogen (secondary N) is 2. The molecule has 0 atom stereocenters. The van der Waals surface area contributed by atoms with Crippen molar-refractivity contribution in [2.24, 2.45) is 0 Å². The van der Waals surface area contributed by atoms with Gasteiger partial charge in [0.05, 0.1) is 12.4 Å². The zero-order chi connectivity index (χ0) is 31.4. The van der Waals surface area contributed by atoms with E-state index < -0.39 is 11.8 Å². The van der Waals surface area contributed by atoms with Crippen LogP contribution < -0.4 is 15.4 Å². The van der Waals surface area contributed by atoms with Crippen molar-refractivity contribution in [3.63, 3.8) is 0 Å². The molecule has 0 bridgehead atoms. The number of rotatable bonds is 12. The second-order valence-electron chi connectivity index (χ2n) is 10.0. The highest BCUT2D eigenvalue weighted by Gasteiger charge is 2.15. The van der Waals surface area contributed by atoms with Gasteiger partial charge in [0.25, 0.3) is 11.8 Å². The third-order valence-corrected chi connectivity index (χ3v) is 7.84. The fourth-order valence-electron chi connectivity index (χ4n) is 4.48. The van der Waals surface area contributed by atoms with Crippen LogP contribution in [0.2, 0.25) is 0 Å². The summed E-state index contributed by atoms with van der Waals surface area (Å²) in [5.74, 6) is 0.179. The van der Waals surface area contributed by atoms with Crippen LogP contribution >= 0.6 is 11.8 Å². The maximum Gasteiger partial charge on any atom is 0.272 e. The van der Waals surface area contributed by atoms with Gasteiger partial charge < -0.3 is 15.4 Å². The molecule has 7 heteroatoms. The molecule has 224 valence electrons. The van der Waals surface area contributed by atoms with Crippen LogP contribution in [0.4, 0.5) is 5.69 Å². The molecular weight excluding hydrogens is 580 g/mol. The van der Waals surface area contributed by atoms with E-state index in [1.54, 1.807) is 42.5 Å². The standard InChI is InChI=1S/C38H32N2O4S/c1-2-44-33-21-13-27(14-22-33)25-35(40-37(42)31-11-7-4-8-12-31)38(43)39-32-19-23-34(24-20-32)45-26-36(41)30-17-15-29(16-18-30)28-9-5-3-6-10-28/h3-25H,2,26H2,1H3,(H,39,43)(H,40,42)/b35-25-. The Balaban J connectivity index is 1.22. The van der Waals surface area contributed by atoms with Crippen LogP contribution in [-0.4, -0.2) is 30.0 Å². The van der Waals surface area contributed by atoms with Crippen LogP contribution in [0.5, 0.6) is 5.75 Å². The minimum atomic E-state index is -0.470. The number of amides is 2. The van der Waals surface area contributed by atoms with E-state index in [0.29, 0.717) is 23.4 Å². The largest absolute Gasteiger partial charge is 0.494 e. The fourth-order valence-corrected chi connectivity index (χ4v) is 5.27. The first-order valence-corrected chi connectivity index (χ1v) is 15.5. The van der Waals surface area contributed by atoms with E-state index in [9.17, 15) is 14.4 Å². The van der Waals surface area contributed by atoms with E-state index >= 15 is 0 Å². The van der Waals surface area contributed by atoms with Gasteiger partial charge in [-0.2, -0.15) is 0 Å². The molecule has 2 N–H and O–H groups in total. The molecule has 0 heterocycles. The summed E-state index contributed by atoms with van der Waals surface area (Å²) in [4.78, 5) is 40.0. The minimum Gasteiger partial charge on any atom is -0.494 e. The van der Waals surface area contributed by atoms with Gasteiger partial charge >= 0.3 is 0 Å². The second-order valence-corrected chi connectivity index (χ2v) is 11.1. The smallest absolute Gasteiger partial charge is 0.272 e. The zero-order valence-electron chi connectivity index (χ0n) is 24.7. The summed E-state index contributed by atoms with van der Waals surface area (Å²) in [6.07, 6.45) is 1.62. The maximum atomic E-state index is 13.4. The Hall–Kier alpha value is -5.40. The lowest BCUT2D eigenvalue weighted by molar-refractivity contribution is -0.113. The van der Waals surface area contributed by atoms with Gasteiger partial charge in [0.2, 0.25) is 0 Å². The molecule has 0 aliphatic carbocycles. The molecule has 0 saturated carbocycles. The van der Waals surface area contributed by atoms with Gasteiger partial charge in [-0.3, -0.25) is 14.4 Å². The number of ketones is 1. The van der Waals surface area contributed by atoms with E-state index in [4.69, 9.17) is 4.74 Å². The molecule has 0 radical (unpaired) electrons. The number of ether oxygens (including phenoxy) is 1. The van der Waals surface area contributed by atoms with E-state index in [0.717, 1.165) is 27.3 Å². The topological polar surface area (TPSA) is 84.5 Å². The Kier molecular flexibility index (Phi) is 10.6. The number of anilines is 1. The van der Waals surface area contributed by atoms with Crippen LogP contribution in [-0.2, 0) is 4.79 Å². The summed E-state index contributed by atoms with van der Waals surface area (Å²) in [5, 5.41) is 5.62. The summed E-state index contributed by atoms with van der Waals surface area (Å²) in [6, 6.07) is 40.9. The predicted octanol–water partition coefficient (Wildman–Crippen LogP) is 8.14. The normalized spacial score (nSPS) is 11.0. The highest BCUT2D eigenvalue weighted by atomic mass is 32.2. The van der Waals surface area contributed by atoms with E-state index in [2.05, 4.69) is 10.6 Å². The molecule has 0 spiro atoms. The number of thioether (sulfide) groups is 1. The number of hydrogen-bond acceptors (Lipinski definition) is 5. The van der Waals surface area contributed by atoms with Gasteiger partial charge in [0, 0.05) is 21.7 Å². The van der Waals surface area contributed by atoms with Crippen molar-refractivity contribution >= 4 is 41.1 Å². The Morgan fingerprint density at radius 3 is 1.96 bits per heavy atom. The molecule has 0 aliphatic heterocycles. The first kappa shape index (κ1) is 31.0. The molecule has 6 nitrogen and oxygen atoms in total. The van der Waals surface area contributed by atoms with Crippen LogP contribution in [0.25, 0.3) is 17.2 Å². The van der Waals surface area contributed by atoms with E-state index in [-0.39, 0.29) is 17.2 Å². The number of hydrogen-bond donors (Lipinski definition) is 2. The summed E-state index contributed by atoms with van der Waals surface area (Å²) in [7, 11) is 0. The maximum absolute atomic E-state index is 13.4. The number of benzene rings is 5. The van der Waals surface area contributed by atoms with Crippen molar-refractivity contribution in [3.05, 3.63) is 156 Å². The SMILES string of the molecule is CCOc1ccc(/C=C(\NC(=O)c2ccccc2)C(=O)Nc2ccc(SCC(=O)c3ccc(-c4ccccc4)cc3)cc2)cc1. The molecule has 0 unspecified atom stereocenters. The molecule has 5 aromatic rings. The zero-order valence-corrected chi connectivity index (χ0v) is 25.6. The lowest BCUT2D eigenvalue weighted by Gasteiger charge is -2.12. The predicted molar refractivity (Wildman–Crippen MR) is 182 cm³/mol. The highest BCUT2D eigenvalue weighted by molar-refractivity contribution is 8.00. The number of Topliss-reactive ketones (excluding diaryl/α,β-unsaturated/α-hetero) is 1. The van der Waals surface area contributed by atoms with Crippen molar-refractivity contribution in [1.29, 1.82) is 0 Å². The molecule has 0 aromatic heterocycles. The van der Waals surface area contributed by atoms with Crippen molar-refractivity contribution < 1.29 is 19.1 Å². The Bertz CT molecular complexity index is 1770. The molecule has 0 aliphatic rings. The lowest BCUT2D eigenvalue weighted by atomic mass is 10.0.